The van der Waals surface area contributed by atoms with E-state index < -0.39 is 0 Å². The third-order valence-corrected chi connectivity index (χ3v) is 4.14. The Hall–Kier alpha value is 0.160. The molecule has 0 radical (unpaired) electrons. The summed E-state index contributed by atoms with van der Waals surface area (Å²) in [4.78, 5) is 0. The summed E-state index contributed by atoms with van der Waals surface area (Å²) in [5, 5.41) is 0. The second kappa shape index (κ2) is 5.87. The number of ether oxygens (including phenoxy) is 1. The Balaban J connectivity index is 2.38. The molecule has 5 heteroatoms. The van der Waals surface area contributed by atoms with Gasteiger partial charge in [0.15, 0.2) is 5.75 Å². The van der Waals surface area contributed by atoms with Gasteiger partial charge in [-0.1, -0.05) is 37.9 Å². The second-order valence-corrected chi connectivity index (χ2v) is 6.80. The van der Waals surface area contributed by atoms with Gasteiger partial charge in [-0.3, -0.25) is 0 Å². The third-order valence-electron chi connectivity index (χ3n) is 1.97. The monoisotopic (exact) mass is 482 g/mol. The van der Waals surface area contributed by atoms with E-state index in [4.69, 9.17) is 4.74 Å². The molecule has 0 atom stereocenters. The van der Waals surface area contributed by atoms with Gasteiger partial charge in [-0.25, -0.2) is 0 Å². The van der Waals surface area contributed by atoms with Crippen LogP contribution in [0.25, 0.3) is 0 Å². The molecule has 0 amide bonds. The van der Waals surface area contributed by atoms with Gasteiger partial charge < -0.3 is 4.74 Å². The molecule has 0 saturated carbocycles. The van der Waals surface area contributed by atoms with E-state index in [1.165, 1.54) is 0 Å². The molecule has 0 aliphatic heterocycles. The first-order valence-electron chi connectivity index (χ1n) is 4.64. The fourth-order valence-corrected chi connectivity index (χ4v) is 3.70. The van der Waals surface area contributed by atoms with Crippen molar-refractivity contribution < 1.29 is 4.74 Å². The normalized spacial score (nSPS) is 10.4. The van der Waals surface area contributed by atoms with Crippen molar-refractivity contribution >= 4 is 63.7 Å². The molecule has 2 aromatic carbocycles. The smallest absolute Gasteiger partial charge is 0.155 e. The van der Waals surface area contributed by atoms with Gasteiger partial charge in [-0.05, 0) is 62.2 Å². The Morgan fingerprint density at radius 1 is 0.765 bits per heavy atom. The zero-order valence-corrected chi connectivity index (χ0v) is 14.7. The lowest BCUT2D eigenvalue weighted by Crippen LogP contribution is -1.87. The molecule has 1 nitrogen and oxygen atoms in total. The zero-order chi connectivity index (χ0) is 12.4. The molecule has 0 heterocycles. The number of hydrogen-bond acceptors (Lipinski definition) is 1. The highest BCUT2D eigenvalue weighted by Crippen LogP contribution is 2.37. The molecule has 0 bridgehead atoms. The van der Waals surface area contributed by atoms with Gasteiger partial charge in [0.25, 0.3) is 0 Å². The molecule has 0 aromatic heterocycles. The summed E-state index contributed by atoms with van der Waals surface area (Å²) in [7, 11) is 0. The Morgan fingerprint density at radius 2 is 1.29 bits per heavy atom. The minimum absolute atomic E-state index is 0.762. The van der Waals surface area contributed by atoms with Crippen LogP contribution in [0.1, 0.15) is 0 Å². The molecular weight excluding hydrogens is 480 g/mol. The topological polar surface area (TPSA) is 9.23 Å². The predicted octanol–water partition coefficient (Wildman–Crippen LogP) is 6.53. The van der Waals surface area contributed by atoms with Crippen LogP contribution in [0.5, 0.6) is 11.5 Å². The first kappa shape index (κ1) is 13.6. The molecule has 17 heavy (non-hydrogen) atoms. The van der Waals surface area contributed by atoms with Crippen molar-refractivity contribution in [3.63, 3.8) is 0 Å². The van der Waals surface area contributed by atoms with E-state index in [2.05, 4.69) is 63.7 Å². The molecule has 0 spiro atoms. The van der Waals surface area contributed by atoms with Crippen molar-refractivity contribution in [1.82, 2.24) is 0 Å². The van der Waals surface area contributed by atoms with E-state index in [9.17, 15) is 0 Å². The lowest BCUT2D eigenvalue weighted by atomic mass is 10.3. The van der Waals surface area contributed by atoms with Crippen LogP contribution >= 0.6 is 63.7 Å². The number of hydrogen-bond donors (Lipinski definition) is 0. The quantitative estimate of drug-likeness (QED) is 0.470. The van der Waals surface area contributed by atoms with Crippen LogP contribution in [0.15, 0.2) is 54.3 Å². The predicted molar refractivity (Wildman–Crippen MR) is 83.8 cm³/mol. The van der Waals surface area contributed by atoms with Crippen molar-refractivity contribution in [2.24, 2.45) is 0 Å². The van der Waals surface area contributed by atoms with E-state index in [-0.39, 0.29) is 0 Å². The van der Waals surface area contributed by atoms with Crippen LogP contribution in [0, 0.1) is 0 Å². The molecule has 0 aliphatic rings. The Bertz CT molecular complexity index is 514. The maximum Gasteiger partial charge on any atom is 0.155 e. The molecule has 0 unspecified atom stereocenters. The van der Waals surface area contributed by atoms with E-state index >= 15 is 0 Å². The van der Waals surface area contributed by atoms with Crippen molar-refractivity contribution in [1.29, 1.82) is 0 Å². The molecule has 0 N–H and O–H groups in total. The van der Waals surface area contributed by atoms with E-state index in [0.717, 1.165) is 29.4 Å². The lowest BCUT2D eigenvalue weighted by Gasteiger charge is -2.10. The first-order valence-corrected chi connectivity index (χ1v) is 7.81. The minimum atomic E-state index is 0.762. The molecule has 88 valence electrons. The highest BCUT2D eigenvalue weighted by molar-refractivity contribution is 9.11. The van der Waals surface area contributed by atoms with Crippen LogP contribution in [-0.4, -0.2) is 0 Å². The van der Waals surface area contributed by atoms with Crippen LogP contribution in [-0.2, 0) is 0 Å². The maximum absolute atomic E-state index is 5.85. The lowest BCUT2D eigenvalue weighted by molar-refractivity contribution is 0.476. The van der Waals surface area contributed by atoms with Crippen molar-refractivity contribution in [3.05, 3.63) is 54.3 Å². The third kappa shape index (κ3) is 3.56. The molecule has 2 aromatic rings. The van der Waals surface area contributed by atoms with Crippen molar-refractivity contribution in [3.8, 4) is 11.5 Å². The Kier molecular flexibility index (Phi) is 4.69. The van der Waals surface area contributed by atoms with Gasteiger partial charge in [0.1, 0.15) is 5.75 Å². The summed E-state index contributed by atoms with van der Waals surface area (Å²) < 4.78 is 9.58. The number of benzene rings is 2. The largest absolute Gasteiger partial charge is 0.455 e. The summed E-state index contributed by atoms with van der Waals surface area (Å²) in [6.07, 6.45) is 0. The van der Waals surface area contributed by atoms with Gasteiger partial charge in [0.05, 0.1) is 8.95 Å². The van der Waals surface area contributed by atoms with Gasteiger partial charge in [0, 0.05) is 8.95 Å². The van der Waals surface area contributed by atoms with Gasteiger partial charge >= 0.3 is 0 Å². The minimum Gasteiger partial charge on any atom is -0.455 e. The van der Waals surface area contributed by atoms with Crippen LogP contribution in [0.4, 0.5) is 0 Å². The fraction of sp³-hybridized carbons (Fsp3) is 0. The van der Waals surface area contributed by atoms with E-state index in [1.807, 2.05) is 36.4 Å². The van der Waals surface area contributed by atoms with E-state index in [0.29, 0.717) is 0 Å². The molecule has 0 saturated heterocycles. The van der Waals surface area contributed by atoms with Crippen LogP contribution in [0.3, 0.4) is 0 Å². The highest BCUT2D eigenvalue weighted by atomic mass is 79.9. The summed E-state index contributed by atoms with van der Waals surface area (Å²) in [5.41, 5.74) is 0. The Morgan fingerprint density at radius 3 is 1.82 bits per heavy atom. The number of para-hydroxylation sites is 1. The van der Waals surface area contributed by atoms with Crippen molar-refractivity contribution in [2.45, 2.75) is 0 Å². The standard InChI is InChI=1S/C12H6Br4O/c13-7-4-8(14)6-9(5-7)17-12-10(15)2-1-3-11(12)16/h1-6H. The average Bonchev–Trinajstić information content (AvgIpc) is 2.22. The Labute approximate surface area is 133 Å². The fourth-order valence-electron chi connectivity index (χ4n) is 1.29. The number of halogens is 4. The van der Waals surface area contributed by atoms with Crippen LogP contribution in [0.2, 0.25) is 0 Å². The second-order valence-electron chi connectivity index (χ2n) is 3.26. The molecule has 0 aliphatic carbocycles. The van der Waals surface area contributed by atoms with Crippen molar-refractivity contribution in [2.75, 3.05) is 0 Å². The van der Waals surface area contributed by atoms with Gasteiger partial charge in [-0.2, -0.15) is 0 Å². The summed E-state index contributed by atoms with van der Waals surface area (Å²) in [6.45, 7) is 0. The average molecular weight is 486 g/mol. The first-order chi connectivity index (χ1) is 8.06. The summed E-state index contributed by atoms with van der Waals surface area (Å²) in [5.74, 6) is 1.52. The zero-order valence-electron chi connectivity index (χ0n) is 8.38. The van der Waals surface area contributed by atoms with E-state index in [1.54, 1.807) is 0 Å². The van der Waals surface area contributed by atoms with Crippen LogP contribution < -0.4 is 4.74 Å². The maximum atomic E-state index is 5.85. The number of rotatable bonds is 2. The molecule has 0 fully saturated rings. The summed E-state index contributed by atoms with van der Waals surface area (Å²) in [6, 6.07) is 11.6. The summed E-state index contributed by atoms with van der Waals surface area (Å²) >= 11 is 13.8. The SMILES string of the molecule is Brc1cc(Br)cc(Oc2c(Br)cccc2Br)c1. The molecule has 2 rings (SSSR count). The molecular formula is C12H6Br4O. The van der Waals surface area contributed by atoms with Gasteiger partial charge in [0.2, 0.25) is 0 Å². The highest BCUT2D eigenvalue weighted by Gasteiger charge is 2.08. The van der Waals surface area contributed by atoms with Gasteiger partial charge in [-0.15, -0.1) is 0 Å².